The van der Waals surface area contributed by atoms with E-state index in [0.29, 0.717) is 43.9 Å². The van der Waals surface area contributed by atoms with Crippen LogP contribution in [0.1, 0.15) is 22.8 Å². The number of aromatic nitrogens is 1. The number of likely N-dealkylation sites (N-methyl/N-ethyl adjacent to an activating group) is 1. The van der Waals surface area contributed by atoms with Crippen LogP contribution in [0.3, 0.4) is 0 Å². The molecule has 0 spiro atoms. The van der Waals surface area contributed by atoms with E-state index in [0.717, 1.165) is 16.7 Å². The van der Waals surface area contributed by atoms with Gasteiger partial charge in [-0.1, -0.05) is 36.4 Å². The number of carbonyl (C=O) groups is 2. The summed E-state index contributed by atoms with van der Waals surface area (Å²) in [5.41, 5.74) is 3.75. The summed E-state index contributed by atoms with van der Waals surface area (Å²) in [6.07, 6.45) is 4.17. The lowest BCUT2D eigenvalue weighted by Gasteiger charge is -2.24. The van der Waals surface area contributed by atoms with Crippen LogP contribution in [0.15, 0.2) is 73.1 Å². The summed E-state index contributed by atoms with van der Waals surface area (Å²) in [4.78, 5) is 34.5. The van der Waals surface area contributed by atoms with Gasteiger partial charge in [-0.2, -0.15) is 0 Å². The van der Waals surface area contributed by atoms with Crippen molar-refractivity contribution in [1.29, 1.82) is 0 Å². The van der Waals surface area contributed by atoms with Crippen molar-refractivity contribution in [3.63, 3.8) is 0 Å². The highest BCUT2D eigenvalue weighted by atomic mass is 16.5. The number of amides is 2. The molecule has 1 unspecified atom stereocenters. The fourth-order valence-corrected chi connectivity index (χ4v) is 4.33. The molecule has 1 fully saturated rings. The van der Waals surface area contributed by atoms with Gasteiger partial charge in [-0.15, -0.1) is 0 Å². The molecule has 3 aromatic rings. The molecule has 2 aromatic carbocycles. The van der Waals surface area contributed by atoms with E-state index in [-0.39, 0.29) is 17.7 Å². The third-order valence-electron chi connectivity index (χ3n) is 6.13. The van der Waals surface area contributed by atoms with E-state index >= 15 is 0 Å². The zero-order chi connectivity index (χ0) is 23.2. The Labute approximate surface area is 194 Å². The Kier molecular flexibility index (Phi) is 7.03. The van der Waals surface area contributed by atoms with Crippen LogP contribution in [0.4, 0.5) is 0 Å². The monoisotopic (exact) mass is 443 g/mol. The number of ether oxygens (including phenoxy) is 1. The highest BCUT2D eigenvalue weighted by Gasteiger charge is 2.32. The standard InChI is InChI=1S/C27H29N3O3/c1-3-29-13-14-30(26(31)22-9-5-11-25(17-22)33-2)19-24(27(29)32)16-20-7-4-8-21(15-20)23-10-6-12-28-18-23/h4-12,15,17-18,24H,3,13-14,16,19H2,1-2H3. The maximum absolute atomic E-state index is 13.3. The van der Waals surface area contributed by atoms with Crippen LogP contribution < -0.4 is 4.74 Å². The number of methoxy groups -OCH3 is 1. The van der Waals surface area contributed by atoms with Crippen LogP contribution in [0.2, 0.25) is 0 Å². The zero-order valence-electron chi connectivity index (χ0n) is 19.1. The Bertz CT molecular complexity index is 1120. The predicted octanol–water partition coefficient (Wildman–Crippen LogP) is 3.92. The van der Waals surface area contributed by atoms with E-state index in [2.05, 4.69) is 11.1 Å². The van der Waals surface area contributed by atoms with Crippen molar-refractivity contribution in [2.75, 3.05) is 33.3 Å². The molecule has 33 heavy (non-hydrogen) atoms. The van der Waals surface area contributed by atoms with Crippen LogP contribution in [0.5, 0.6) is 5.75 Å². The third-order valence-corrected chi connectivity index (χ3v) is 6.13. The molecule has 6 heteroatoms. The maximum atomic E-state index is 13.3. The van der Waals surface area contributed by atoms with E-state index in [9.17, 15) is 9.59 Å². The third kappa shape index (κ3) is 5.22. The van der Waals surface area contributed by atoms with Gasteiger partial charge in [0.15, 0.2) is 0 Å². The number of benzene rings is 2. The van der Waals surface area contributed by atoms with Gasteiger partial charge in [-0.05, 0) is 54.3 Å². The Balaban J connectivity index is 1.58. The van der Waals surface area contributed by atoms with E-state index in [1.54, 1.807) is 30.3 Å². The van der Waals surface area contributed by atoms with E-state index in [1.807, 2.05) is 60.5 Å². The molecule has 0 bridgehead atoms. The van der Waals surface area contributed by atoms with Crippen LogP contribution in [-0.2, 0) is 11.2 Å². The van der Waals surface area contributed by atoms with Gasteiger partial charge in [0.05, 0.1) is 13.0 Å². The van der Waals surface area contributed by atoms with Crippen molar-refractivity contribution in [2.45, 2.75) is 13.3 Å². The largest absolute Gasteiger partial charge is 0.497 e. The van der Waals surface area contributed by atoms with Gasteiger partial charge < -0.3 is 14.5 Å². The number of hydrogen-bond donors (Lipinski definition) is 0. The molecule has 0 radical (unpaired) electrons. The van der Waals surface area contributed by atoms with E-state index in [4.69, 9.17) is 4.74 Å². The van der Waals surface area contributed by atoms with Gasteiger partial charge in [0.1, 0.15) is 5.75 Å². The molecule has 1 aliphatic rings. The minimum atomic E-state index is -0.300. The second-order valence-electron chi connectivity index (χ2n) is 8.24. The summed E-state index contributed by atoms with van der Waals surface area (Å²) >= 11 is 0. The van der Waals surface area contributed by atoms with Crippen LogP contribution in [0.25, 0.3) is 11.1 Å². The lowest BCUT2D eigenvalue weighted by atomic mass is 9.95. The van der Waals surface area contributed by atoms with Gasteiger partial charge in [-0.3, -0.25) is 14.6 Å². The Hall–Kier alpha value is -3.67. The summed E-state index contributed by atoms with van der Waals surface area (Å²) in [6.45, 7) is 4.06. The Morgan fingerprint density at radius 3 is 2.64 bits per heavy atom. The lowest BCUT2D eigenvalue weighted by Crippen LogP contribution is -2.37. The van der Waals surface area contributed by atoms with Crippen LogP contribution in [-0.4, -0.2) is 59.9 Å². The molecule has 170 valence electrons. The van der Waals surface area contributed by atoms with Gasteiger partial charge in [0.2, 0.25) is 5.91 Å². The van der Waals surface area contributed by atoms with Crippen LogP contribution >= 0.6 is 0 Å². The topological polar surface area (TPSA) is 62.7 Å². The first-order chi connectivity index (χ1) is 16.1. The number of carbonyl (C=O) groups excluding carboxylic acids is 2. The average molecular weight is 444 g/mol. The van der Waals surface area contributed by atoms with Crippen LogP contribution in [0, 0.1) is 5.92 Å². The van der Waals surface area contributed by atoms with Crippen molar-refractivity contribution < 1.29 is 14.3 Å². The average Bonchev–Trinajstić information content (AvgIpc) is 3.03. The number of nitrogens with zero attached hydrogens (tertiary/aromatic N) is 3. The van der Waals surface area contributed by atoms with Crippen molar-refractivity contribution in [2.24, 2.45) is 5.92 Å². The summed E-state index contributed by atoms with van der Waals surface area (Å²) in [7, 11) is 1.59. The minimum Gasteiger partial charge on any atom is -0.497 e. The normalized spacial score (nSPS) is 16.4. The second-order valence-corrected chi connectivity index (χ2v) is 8.24. The van der Waals surface area contributed by atoms with Gasteiger partial charge in [-0.25, -0.2) is 0 Å². The first-order valence-corrected chi connectivity index (χ1v) is 11.3. The van der Waals surface area contributed by atoms with Gasteiger partial charge in [0.25, 0.3) is 5.91 Å². The summed E-state index contributed by atoms with van der Waals surface area (Å²) in [5, 5.41) is 0. The summed E-state index contributed by atoms with van der Waals surface area (Å²) in [5.74, 6) is 0.371. The molecular formula is C27H29N3O3. The molecule has 1 saturated heterocycles. The molecule has 1 atom stereocenters. The highest BCUT2D eigenvalue weighted by Crippen LogP contribution is 2.24. The van der Waals surface area contributed by atoms with E-state index in [1.165, 1.54) is 0 Å². The molecule has 0 N–H and O–H groups in total. The fourth-order valence-electron chi connectivity index (χ4n) is 4.33. The summed E-state index contributed by atoms with van der Waals surface area (Å²) in [6, 6.07) is 19.3. The van der Waals surface area contributed by atoms with Crippen molar-refractivity contribution in [3.8, 4) is 16.9 Å². The first kappa shape index (κ1) is 22.5. The van der Waals surface area contributed by atoms with Crippen molar-refractivity contribution >= 4 is 11.8 Å². The number of hydrogen-bond acceptors (Lipinski definition) is 4. The molecule has 2 amide bonds. The predicted molar refractivity (Wildman–Crippen MR) is 128 cm³/mol. The smallest absolute Gasteiger partial charge is 0.254 e. The first-order valence-electron chi connectivity index (χ1n) is 11.3. The Morgan fingerprint density at radius 1 is 1.06 bits per heavy atom. The SMILES string of the molecule is CCN1CCN(C(=O)c2cccc(OC)c2)CC(Cc2cccc(-c3cccnc3)c2)C1=O. The number of pyridine rings is 1. The molecule has 6 nitrogen and oxygen atoms in total. The summed E-state index contributed by atoms with van der Waals surface area (Å²) < 4.78 is 5.28. The van der Waals surface area contributed by atoms with Crippen molar-refractivity contribution in [1.82, 2.24) is 14.8 Å². The fraction of sp³-hybridized carbons (Fsp3) is 0.296. The molecule has 0 aliphatic carbocycles. The van der Waals surface area contributed by atoms with Gasteiger partial charge >= 0.3 is 0 Å². The maximum Gasteiger partial charge on any atom is 0.254 e. The lowest BCUT2D eigenvalue weighted by molar-refractivity contribution is -0.134. The van der Waals surface area contributed by atoms with Crippen molar-refractivity contribution in [3.05, 3.63) is 84.2 Å². The highest BCUT2D eigenvalue weighted by molar-refractivity contribution is 5.95. The molecular weight excluding hydrogens is 414 g/mol. The molecule has 0 saturated carbocycles. The number of rotatable bonds is 6. The minimum absolute atomic E-state index is 0.0752. The van der Waals surface area contributed by atoms with Gasteiger partial charge in [0, 0.05) is 44.1 Å². The Morgan fingerprint density at radius 2 is 1.88 bits per heavy atom. The molecule has 2 heterocycles. The second kappa shape index (κ2) is 10.3. The molecule has 4 rings (SSSR count). The molecule has 1 aliphatic heterocycles. The quantitative estimate of drug-likeness (QED) is 0.579. The molecule has 1 aromatic heterocycles. The zero-order valence-corrected chi connectivity index (χ0v) is 19.1. The van der Waals surface area contributed by atoms with E-state index < -0.39 is 0 Å².